The zero-order chi connectivity index (χ0) is 16.4. The minimum absolute atomic E-state index is 0.0554. The number of hydrogen-bond donors (Lipinski definition) is 0. The summed E-state index contributed by atoms with van der Waals surface area (Å²) >= 11 is 6.43. The number of hydrogen-bond acceptors (Lipinski definition) is 5. The average Bonchev–Trinajstić information content (AvgIpc) is 3.19. The number of halogens is 1. The van der Waals surface area contributed by atoms with E-state index in [1.807, 2.05) is 43.5 Å². The number of thiazole rings is 1. The van der Waals surface area contributed by atoms with Crippen molar-refractivity contribution in [3.8, 4) is 9.88 Å². The summed E-state index contributed by atoms with van der Waals surface area (Å²) in [5.41, 5.74) is 0.763. The van der Waals surface area contributed by atoms with Crippen molar-refractivity contribution in [3.63, 3.8) is 0 Å². The number of carbonyl (C=O) groups is 1. The van der Waals surface area contributed by atoms with Crippen LogP contribution in [-0.2, 0) is 0 Å². The van der Waals surface area contributed by atoms with Crippen molar-refractivity contribution in [1.82, 2.24) is 9.97 Å². The van der Waals surface area contributed by atoms with Crippen molar-refractivity contribution in [2.75, 3.05) is 11.4 Å². The van der Waals surface area contributed by atoms with Crippen LogP contribution in [0, 0.1) is 6.92 Å². The van der Waals surface area contributed by atoms with Crippen LogP contribution in [0.1, 0.15) is 22.3 Å². The zero-order valence-corrected chi connectivity index (χ0v) is 15.8. The Hall–Kier alpha value is -1.57. The molecular weight excluding hydrogens is 394 g/mol. The predicted octanol–water partition coefficient (Wildman–Crippen LogP) is 5.00. The molecule has 3 aromatic heterocycles. The van der Waals surface area contributed by atoms with Gasteiger partial charge in [-0.05, 0) is 53.4 Å². The molecule has 4 nitrogen and oxygen atoms in total. The molecule has 3 heterocycles. The molecule has 0 fully saturated rings. The highest BCUT2D eigenvalue weighted by Crippen LogP contribution is 2.32. The van der Waals surface area contributed by atoms with Gasteiger partial charge in [0.15, 0.2) is 0 Å². The minimum atomic E-state index is -0.0554. The van der Waals surface area contributed by atoms with Crippen LogP contribution in [0.15, 0.2) is 40.3 Å². The van der Waals surface area contributed by atoms with Gasteiger partial charge in [-0.3, -0.25) is 9.69 Å². The van der Waals surface area contributed by atoms with Gasteiger partial charge in [-0.15, -0.1) is 22.7 Å². The predicted molar refractivity (Wildman–Crippen MR) is 99.5 cm³/mol. The molecule has 0 aliphatic heterocycles. The molecule has 118 valence electrons. The lowest BCUT2D eigenvalue weighted by molar-refractivity contribution is 0.0990. The first-order valence-electron chi connectivity index (χ1n) is 7.05. The van der Waals surface area contributed by atoms with Gasteiger partial charge >= 0.3 is 0 Å². The van der Waals surface area contributed by atoms with E-state index in [1.54, 1.807) is 22.4 Å². The van der Waals surface area contributed by atoms with Crippen molar-refractivity contribution >= 4 is 50.3 Å². The monoisotopic (exact) mass is 407 g/mol. The molecule has 7 heteroatoms. The number of nitrogens with zero attached hydrogens (tertiary/aromatic N) is 3. The molecule has 0 saturated carbocycles. The van der Waals surface area contributed by atoms with Crippen LogP contribution in [0.5, 0.6) is 0 Å². The smallest absolute Gasteiger partial charge is 0.271 e. The highest BCUT2D eigenvalue weighted by Gasteiger charge is 2.23. The van der Waals surface area contributed by atoms with E-state index in [1.165, 1.54) is 11.3 Å². The van der Waals surface area contributed by atoms with E-state index < -0.39 is 0 Å². The lowest BCUT2D eigenvalue weighted by Gasteiger charge is -2.19. The first-order chi connectivity index (χ1) is 11.1. The molecule has 3 aromatic rings. The number of thiophene rings is 1. The van der Waals surface area contributed by atoms with E-state index in [2.05, 4.69) is 25.9 Å². The van der Waals surface area contributed by atoms with Crippen LogP contribution in [-0.4, -0.2) is 22.4 Å². The van der Waals surface area contributed by atoms with Crippen LogP contribution >= 0.6 is 38.6 Å². The highest BCUT2D eigenvalue weighted by atomic mass is 79.9. The second kappa shape index (κ2) is 6.90. The molecule has 0 saturated heterocycles. The zero-order valence-electron chi connectivity index (χ0n) is 12.6. The summed E-state index contributed by atoms with van der Waals surface area (Å²) in [6.45, 7) is 4.38. The second-order valence-electron chi connectivity index (χ2n) is 4.79. The fraction of sp³-hybridized carbons (Fsp3) is 0.188. The third-order valence-electron chi connectivity index (χ3n) is 3.27. The maximum absolute atomic E-state index is 12.9. The van der Waals surface area contributed by atoms with E-state index in [-0.39, 0.29) is 5.91 Å². The Balaban J connectivity index is 1.94. The Kier molecular flexibility index (Phi) is 4.89. The van der Waals surface area contributed by atoms with Gasteiger partial charge in [-0.25, -0.2) is 9.97 Å². The first-order valence-corrected chi connectivity index (χ1v) is 9.53. The van der Waals surface area contributed by atoms with Crippen LogP contribution < -0.4 is 4.90 Å². The fourth-order valence-electron chi connectivity index (χ4n) is 2.16. The van der Waals surface area contributed by atoms with E-state index in [9.17, 15) is 4.79 Å². The van der Waals surface area contributed by atoms with Gasteiger partial charge in [-0.2, -0.15) is 0 Å². The molecule has 0 atom stereocenters. The van der Waals surface area contributed by atoms with E-state index in [4.69, 9.17) is 0 Å². The lowest BCUT2D eigenvalue weighted by atomic mass is 10.3. The van der Waals surface area contributed by atoms with Gasteiger partial charge in [0.25, 0.3) is 5.91 Å². The molecule has 0 aromatic carbocycles. The third-order valence-corrected chi connectivity index (χ3v) is 5.93. The summed E-state index contributed by atoms with van der Waals surface area (Å²) < 4.78 is 0.888. The number of carbonyl (C=O) groups excluding carboxylic acids is 1. The summed E-state index contributed by atoms with van der Waals surface area (Å²) in [5.74, 6) is 0.589. The van der Waals surface area contributed by atoms with Crippen LogP contribution in [0.25, 0.3) is 9.88 Å². The van der Waals surface area contributed by atoms with Gasteiger partial charge in [0.2, 0.25) is 0 Å². The largest absolute Gasteiger partial charge is 0.292 e. The molecule has 23 heavy (non-hydrogen) atoms. The summed E-state index contributed by atoms with van der Waals surface area (Å²) in [4.78, 5) is 25.2. The van der Waals surface area contributed by atoms with Crippen LogP contribution in [0.4, 0.5) is 5.82 Å². The molecule has 0 spiro atoms. The molecule has 0 N–H and O–H groups in total. The summed E-state index contributed by atoms with van der Waals surface area (Å²) in [5, 5.41) is 2.90. The van der Waals surface area contributed by atoms with Gasteiger partial charge < -0.3 is 0 Å². The number of aromatic nitrogens is 2. The number of amides is 1. The van der Waals surface area contributed by atoms with E-state index in [0.717, 1.165) is 20.1 Å². The number of aryl methyl sites for hydroxylation is 1. The van der Waals surface area contributed by atoms with Crippen LogP contribution in [0.3, 0.4) is 0 Å². The summed E-state index contributed by atoms with van der Waals surface area (Å²) in [6.07, 6.45) is 1.70. The minimum Gasteiger partial charge on any atom is -0.292 e. The highest BCUT2D eigenvalue weighted by molar-refractivity contribution is 9.10. The molecule has 0 bridgehead atoms. The van der Waals surface area contributed by atoms with Crippen molar-refractivity contribution in [2.24, 2.45) is 0 Å². The van der Waals surface area contributed by atoms with Crippen molar-refractivity contribution in [3.05, 3.63) is 50.9 Å². The fourth-order valence-corrected chi connectivity index (χ4v) is 4.21. The third kappa shape index (κ3) is 3.36. The number of anilines is 1. The molecule has 0 aliphatic rings. The number of pyridine rings is 1. The van der Waals surface area contributed by atoms with Gasteiger partial charge in [0.1, 0.15) is 15.7 Å². The van der Waals surface area contributed by atoms with E-state index >= 15 is 0 Å². The topological polar surface area (TPSA) is 46.1 Å². The number of rotatable bonds is 4. The second-order valence-corrected chi connectivity index (χ2v) is 7.66. The van der Waals surface area contributed by atoms with Crippen molar-refractivity contribution in [2.45, 2.75) is 13.8 Å². The van der Waals surface area contributed by atoms with Gasteiger partial charge in [0.05, 0.1) is 10.6 Å². The quantitative estimate of drug-likeness (QED) is 0.610. The standard InChI is InChI=1S/C16H14BrN3OS2/c1-3-20(13-7-6-11(17)9-18-13)16(21)14-10(2)19-15(23-14)12-5-4-8-22-12/h4-9H,3H2,1-2H3. The SMILES string of the molecule is CCN(C(=O)c1sc(-c2cccs2)nc1C)c1ccc(Br)cn1. The Bertz CT molecular complexity index is 812. The molecule has 0 aliphatic carbocycles. The summed E-state index contributed by atoms with van der Waals surface area (Å²) in [6, 6.07) is 7.73. The van der Waals surface area contributed by atoms with Gasteiger partial charge in [-0.1, -0.05) is 6.07 Å². The first kappa shape index (κ1) is 16.3. The average molecular weight is 408 g/mol. The maximum atomic E-state index is 12.9. The molecule has 0 radical (unpaired) electrons. The Labute approximate surface area is 151 Å². The molecule has 3 rings (SSSR count). The molecule has 0 unspecified atom stereocenters. The Morgan fingerprint density at radius 3 is 2.78 bits per heavy atom. The maximum Gasteiger partial charge on any atom is 0.271 e. The van der Waals surface area contributed by atoms with Gasteiger partial charge in [0, 0.05) is 17.2 Å². The van der Waals surface area contributed by atoms with Crippen molar-refractivity contribution < 1.29 is 4.79 Å². The van der Waals surface area contributed by atoms with Crippen LogP contribution in [0.2, 0.25) is 0 Å². The molecular formula is C16H14BrN3OS2. The molecule has 1 amide bonds. The Morgan fingerprint density at radius 2 is 2.17 bits per heavy atom. The lowest BCUT2D eigenvalue weighted by Crippen LogP contribution is -2.31. The summed E-state index contributed by atoms with van der Waals surface area (Å²) in [7, 11) is 0. The normalized spacial score (nSPS) is 10.7. The Morgan fingerprint density at radius 1 is 1.35 bits per heavy atom. The van der Waals surface area contributed by atoms with E-state index in [0.29, 0.717) is 17.2 Å². The van der Waals surface area contributed by atoms with Crippen molar-refractivity contribution in [1.29, 1.82) is 0 Å².